The molecule has 1 amide bonds. The van der Waals surface area contributed by atoms with E-state index in [4.69, 9.17) is 0 Å². The van der Waals surface area contributed by atoms with Crippen LogP contribution in [-0.4, -0.2) is 44.5 Å². The molecule has 0 radical (unpaired) electrons. The number of aliphatic carboxylic acids is 1. The number of imidazole rings is 1. The Kier molecular flexibility index (Phi) is 4.64. The van der Waals surface area contributed by atoms with Crippen molar-refractivity contribution in [2.75, 3.05) is 13.1 Å². The van der Waals surface area contributed by atoms with Crippen LogP contribution in [0, 0.1) is 11.8 Å². The van der Waals surface area contributed by atoms with E-state index in [2.05, 4.69) is 4.98 Å². The Morgan fingerprint density at radius 3 is 2.62 bits per heavy atom. The van der Waals surface area contributed by atoms with Gasteiger partial charge in [0.2, 0.25) is 0 Å². The molecule has 0 aliphatic carbocycles. The second kappa shape index (κ2) is 6.86. The summed E-state index contributed by atoms with van der Waals surface area (Å²) in [6.07, 6.45) is 6.00. The van der Waals surface area contributed by atoms with Crippen molar-refractivity contribution >= 4 is 11.9 Å². The lowest BCUT2D eigenvalue weighted by Crippen LogP contribution is -2.45. The molecule has 1 aliphatic heterocycles. The molecule has 6 nitrogen and oxygen atoms in total. The van der Waals surface area contributed by atoms with E-state index in [1.54, 1.807) is 17.4 Å². The number of hydrogen-bond acceptors (Lipinski definition) is 3. The standard InChI is InChI=1S/C18H21N3O3/c1-13-8-16(18(23)24)11-21(9-13)17(22)15-4-2-14(3-5-15)10-20-7-6-19-12-20/h2-7,12-13,16H,8-11H2,1H3,(H,23,24). The molecule has 0 saturated carbocycles. The van der Waals surface area contributed by atoms with Gasteiger partial charge in [-0.05, 0) is 30.0 Å². The summed E-state index contributed by atoms with van der Waals surface area (Å²) >= 11 is 0. The molecule has 2 unspecified atom stereocenters. The van der Waals surface area contributed by atoms with Crippen LogP contribution in [0.25, 0.3) is 0 Å². The number of amides is 1. The zero-order chi connectivity index (χ0) is 17.1. The van der Waals surface area contributed by atoms with Crippen molar-refractivity contribution in [1.29, 1.82) is 0 Å². The first kappa shape index (κ1) is 16.2. The molecular weight excluding hydrogens is 306 g/mol. The fourth-order valence-electron chi connectivity index (χ4n) is 3.22. The summed E-state index contributed by atoms with van der Waals surface area (Å²) in [4.78, 5) is 29.6. The van der Waals surface area contributed by atoms with E-state index in [-0.39, 0.29) is 18.4 Å². The number of piperidine rings is 1. The Morgan fingerprint density at radius 2 is 2.00 bits per heavy atom. The van der Waals surface area contributed by atoms with Gasteiger partial charge in [-0.3, -0.25) is 9.59 Å². The number of aromatic nitrogens is 2. The van der Waals surface area contributed by atoms with Crippen molar-refractivity contribution in [3.05, 3.63) is 54.1 Å². The summed E-state index contributed by atoms with van der Waals surface area (Å²) in [5.41, 5.74) is 1.68. The Morgan fingerprint density at radius 1 is 1.25 bits per heavy atom. The second-order valence-corrected chi connectivity index (χ2v) is 6.52. The Bertz CT molecular complexity index is 710. The fourth-order valence-corrected chi connectivity index (χ4v) is 3.22. The molecule has 6 heteroatoms. The normalized spacial score (nSPS) is 20.8. The number of likely N-dealkylation sites (tertiary alicyclic amines) is 1. The van der Waals surface area contributed by atoms with Gasteiger partial charge < -0.3 is 14.6 Å². The minimum absolute atomic E-state index is 0.0954. The molecule has 24 heavy (non-hydrogen) atoms. The van der Waals surface area contributed by atoms with Crippen LogP contribution < -0.4 is 0 Å². The van der Waals surface area contributed by atoms with Gasteiger partial charge in [0.05, 0.1) is 12.2 Å². The van der Waals surface area contributed by atoms with Crippen molar-refractivity contribution in [2.45, 2.75) is 19.9 Å². The molecule has 2 atom stereocenters. The van der Waals surface area contributed by atoms with Crippen LogP contribution >= 0.6 is 0 Å². The van der Waals surface area contributed by atoms with Crippen molar-refractivity contribution in [2.24, 2.45) is 11.8 Å². The lowest BCUT2D eigenvalue weighted by molar-refractivity contribution is -0.143. The molecule has 2 aromatic rings. The van der Waals surface area contributed by atoms with Gasteiger partial charge in [-0.15, -0.1) is 0 Å². The number of carbonyl (C=O) groups excluding carboxylic acids is 1. The highest BCUT2D eigenvalue weighted by atomic mass is 16.4. The lowest BCUT2D eigenvalue weighted by Gasteiger charge is -2.34. The van der Waals surface area contributed by atoms with E-state index in [1.807, 2.05) is 42.0 Å². The third-order valence-corrected chi connectivity index (χ3v) is 4.42. The molecule has 1 aliphatic rings. The first-order chi connectivity index (χ1) is 11.5. The summed E-state index contributed by atoms with van der Waals surface area (Å²) in [7, 11) is 0. The van der Waals surface area contributed by atoms with E-state index >= 15 is 0 Å². The van der Waals surface area contributed by atoms with E-state index in [0.29, 0.717) is 25.1 Å². The summed E-state index contributed by atoms with van der Waals surface area (Å²) in [5, 5.41) is 9.24. The topological polar surface area (TPSA) is 75.4 Å². The smallest absolute Gasteiger partial charge is 0.308 e. The van der Waals surface area contributed by atoms with Crippen molar-refractivity contribution < 1.29 is 14.7 Å². The van der Waals surface area contributed by atoms with Gasteiger partial charge >= 0.3 is 5.97 Å². The molecule has 126 valence electrons. The molecule has 1 fully saturated rings. The molecular formula is C18H21N3O3. The highest BCUT2D eigenvalue weighted by Gasteiger charge is 2.32. The highest BCUT2D eigenvalue weighted by Crippen LogP contribution is 2.23. The maximum atomic E-state index is 12.7. The van der Waals surface area contributed by atoms with E-state index < -0.39 is 11.9 Å². The SMILES string of the molecule is CC1CC(C(=O)O)CN(C(=O)c2ccc(Cn3ccnc3)cc2)C1. The number of hydrogen-bond donors (Lipinski definition) is 1. The maximum absolute atomic E-state index is 12.7. The van der Waals surface area contributed by atoms with Crippen LogP contribution in [0.4, 0.5) is 0 Å². The van der Waals surface area contributed by atoms with Crippen LogP contribution in [0.3, 0.4) is 0 Å². The summed E-state index contributed by atoms with van der Waals surface area (Å²) in [6, 6.07) is 7.47. The first-order valence-corrected chi connectivity index (χ1v) is 8.09. The molecule has 3 rings (SSSR count). The van der Waals surface area contributed by atoms with Gasteiger partial charge in [0, 0.05) is 37.6 Å². The van der Waals surface area contributed by atoms with Crippen molar-refractivity contribution in [3.8, 4) is 0 Å². The van der Waals surface area contributed by atoms with Crippen LogP contribution in [0.15, 0.2) is 43.0 Å². The van der Waals surface area contributed by atoms with Crippen LogP contribution in [0.5, 0.6) is 0 Å². The molecule has 1 saturated heterocycles. The van der Waals surface area contributed by atoms with E-state index in [1.165, 1.54) is 0 Å². The number of carboxylic acid groups (broad SMARTS) is 1. The maximum Gasteiger partial charge on any atom is 0.308 e. The Balaban J connectivity index is 1.69. The average molecular weight is 327 g/mol. The fraction of sp³-hybridized carbons (Fsp3) is 0.389. The molecule has 0 spiro atoms. The predicted octanol–water partition coefficient (Wildman–Crippen LogP) is 2.11. The van der Waals surface area contributed by atoms with E-state index in [0.717, 1.165) is 5.56 Å². The van der Waals surface area contributed by atoms with Gasteiger partial charge in [-0.2, -0.15) is 0 Å². The van der Waals surface area contributed by atoms with Gasteiger partial charge in [-0.1, -0.05) is 19.1 Å². The molecule has 1 N–H and O–H groups in total. The van der Waals surface area contributed by atoms with Gasteiger partial charge in [0.15, 0.2) is 0 Å². The average Bonchev–Trinajstić information content (AvgIpc) is 3.07. The third kappa shape index (κ3) is 3.64. The largest absolute Gasteiger partial charge is 0.481 e. The van der Waals surface area contributed by atoms with Crippen LogP contribution in [0.2, 0.25) is 0 Å². The zero-order valence-electron chi connectivity index (χ0n) is 13.6. The number of benzene rings is 1. The number of rotatable bonds is 4. The Hall–Kier alpha value is -2.63. The molecule has 1 aromatic carbocycles. The van der Waals surface area contributed by atoms with Crippen LogP contribution in [-0.2, 0) is 11.3 Å². The molecule has 2 heterocycles. The summed E-state index contributed by atoms with van der Waals surface area (Å²) in [5.74, 6) is -1.19. The predicted molar refractivity (Wildman–Crippen MR) is 88.6 cm³/mol. The minimum atomic E-state index is -0.824. The number of carbonyl (C=O) groups is 2. The van der Waals surface area contributed by atoms with Crippen LogP contribution in [0.1, 0.15) is 29.3 Å². The summed E-state index contributed by atoms with van der Waals surface area (Å²) in [6.45, 7) is 3.59. The second-order valence-electron chi connectivity index (χ2n) is 6.52. The van der Waals surface area contributed by atoms with Gasteiger partial charge in [-0.25, -0.2) is 4.98 Å². The van der Waals surface area contributed by atoms with Gasteiger partial charge in [0.1, 0.15) is 0 Å². The summed E-state index contributed by atoms with van der Waals surface area (Å²) < 4.78 is 1.96. The highest BCUT2D eigenvalue weighted by molar-refractivity contribution is 5.94. The third-order valence-electron chi connectivity index (χ3n) is 4.42. The first-order valence-electron chi connectivity index (χ1n) is 8.09. The minimum Gasteiger partial charge on any atom is -0.481 e. The number of carboxylic acids is 1. The van der Waals surface area contributed by atoms with E-state index in [9.17, 15) is 14.7 Å². The molecule has 0 bridgehead atoms. The monoisotopic (exact) mass is 327 g/mol. The quantitative estimate of drug-likeness (QED) is 0.933. The molecule has 1 aromatic heterocycles. The van der Waals surface area contributed by atoms with Gasteiger partial charge in [0.25, 0.3) is 5.91 Å². The lowest BCUT2D eigenvalue weighted by atomic mass is 9.90. The Labute approximate surface area is 140 Å². The van der Waals surface area contributed by atoms with Crippen molar-refractivity contribution in [1.82, 2.24) is 14.5 Å². The number of nitrogens with zero attached hydrogens (tertiary/aromatic N) is 3. The zero-order valence-corrected chi connectivity index (χ0v) is 13.6. The van der Waals surface area contributed by atoms with Crippen molar-refractivity contribution in [3.63, 3.8) is 0 Å².